The first kappa shape index (κ1) is 13.0. The summed E-state index contributed by atoms with van der Waals surface area (Å²) in [4.78, 5) is 15.3. The summed E-state index contributed by atoms with van der Waals surface area (Å²) in [6.07, 6.45) is 1.17. The van der Waals surface area contributed by atoms with E-state index in [0.717, 1.165) is 6.07 Å². The Hall–Kier alpha value is -1.46. The van der Waals surface area contributed by atoms with E-state index in [4.69, 9.17) is 11.6 Å². The molecule has 0 aliphatic heterocycles. The number of carbonyl (C=O) groups is 1. The van der Waals surface area contributed by atoms with Crippen LogP contribution in [0, 0.1) is 5.95 Å². The van der Waals surface area contributed by atoms with Crippen molar-refractivity contribution in [2.24, 2.45) is 0 Å². The number of aromatic nitrogens is 1. The molecule has 1 N–H and O–H groups in total. The third-order valence-electron chi connectivity index (χ3n) is 2.17. The van der Waals surface area contributed by atoms with Crippen LogP contribution in [-0.2, 0) is 0 Å². The largest absolute Gasteiger partial charge is 0.321 e. The summed E-state index contributed by atoms with van der Waals surface area (Å²) >= 11 is 9.13. The fourth-order valence-electron chi connectivity index (χ4n) is 1.30. The van der Waals surface area contributed by atoms with Crippen molar-refractivity contribution in [1.29, 1.82) is 0 Å². The van der Waals surface area contributed by atoms with Crippen LogP contribution in [0.4, 0.5) is 10.1 Å². The maximum absolute atomic E-state index is 12.6. The zero-order valence-electron chi connectivity index (χ0n) is 8.95. The Morgan fingerprint density at radius 1 is 1.33 bits per heavy atom. The summed E-state index contributed by atoms with van der Waals surface area (Å²) in [6, 6.07) is 7.51. The van der Waals surface area contributed by atoms with Crippen molar-refractivity contribution in [2.45, 2.75) is 0 Å². The van der Waals surface area contributed by atoms with Crippen LogP contribution in [-0.4, -0.2) is 10.9 Å². The molecule has 0 atom stereocenters. The predicted octanol–water partition coefficient (Wildman–Crippen LogP) is 3.89. The van der Waals surface area contributed by atoms with Crippen molar-refractivity contribution in [3.63, 3.8) is 0 Å². The molecule has 0 bridgehead atoms. The van der Waals surface area contributed by atoms with Gasteiger partial charge in [0.25, 0.3) is 5.91 Å². The summed E-state index contributed by atoms with van der Waals surface area (Å²) in [5.74, 6) is -1.01. The Bertz CT molecular complexity index is 589. The molecule has 0 unspecified atom stereocenters. The van der Waals surface area contributed by atoms with Crippen LogP contribution in [0.15, 0.2) is 41.0 Å². The van der Waals surface area contributed by atoms with Gasteiger partial charge < -0.3 is 5.32 Å². The Morgan fingerprint density at radius 2 is 2.11 bits per heavy atom. The molecule has 6 heteroatoms. The molecule has 0 radical (unpaired) electrons. The molecule has 2 rings (SSSR count). The summed E-state index contributed by atoms with van der Waals surface area (Å²) < 4.78 is 13.3. The summed E-state index contributed by atoms with van der Waals surface area (Å²) in [5.41, 5.74) is 0.806. The van der Waals surface area contributed by atoms with Crippen molar-refractivity contribution in [2.75, 3.05) is 5.32 Å². The van der Waals surface area contributed by atoms with Crippen LogP contribution < -0.4 is 5.32 Å². The molecule has 0 spiro atoms. The maximum atomic E-state index is 12.6. The molecule has 0 aliphatic rings. The van der Waals surface area contributed by atoms with Crippen LogP contribution in [0.5, 0.6) is 0 Å². The molecule has 92 valence electrons. The zero-order chi connectivity index (χ0) is 13.1. The second-order valence-electron chi connectivity index (χ2n) is 3.45. The van der Waals surface area contributed by atoms with Gasteiger partial charge >= 0.3 is 0 Å². The van der Waals surface area contributed by atoms with Gasteiger partial charge in [0.05, 0.1) is 11.3 Å². The number of benzene rings is 1. The lowest BCUT2D eigenvalue weighted by Gasteiger charge is -2.07. The van der Waals surface area contributed by atoms with Gasteiger partial charge in [0.2, 0.25) is 5.95 Å². The molecule has 3 nitrogen and oxygen atoms in total. The van der Waals surface area contributed by atoms with E-state index in [1.807, 2.05) is 0 Å². The Labute approximate surface area is 116 Å². The SMILES string of the molecule is O=C(Nc1cc(Cl)ccc1Br)c1ccc(F)nc1. The van der Waals surface area contributed by atoms with E-state index in [0.29, 0.717) is 15.2 Å². The van der Waals surface area contributed by atoms with Crippen molar-refractivity contribution in [3.05, 3.63) is 57.5 Å². The van der Waals surface area contributed by atoms with Gasteiger partial charge in [-0.1, -0.05) is 11.6 Å². The molecular weight excluding hydrogens is 322 g/mol. The van der Waals surface area contributed by atoms with Crippen LogP contribution in [0.2, 0.25) is 5.02 Å². The Morgan fingerprint density at radius 3 is 2.78 bits per heavy atom. The normalized spacial score (nSPS) is 10.2. The molecule has 18 heavy (non-hydrogen) atoms. The molecule has 0 saturated carbocycles. The van der Waals surface area contributed by atoms with E-state index in [1.165, 1.54) is 12.3 Å². The van der Waals surface area contributed by atoms with Gasteiger partial charge in [0, 0.05) is 15.7 Å². The fraction of sp³-hybridized carbons (Fsp3) is 0. The summed E-state index contributed by atoms with van der Waals surface area (Å²) in [5, 5.41) is 3.16. The smallest absolute Gasteiger partial charge is 0.257 e. The highest BCUT2D eigenvalue weighted by Crippen LogP contribution is 2.26. The molecule has 1 amide bonds. The first-order valence-electron chi connectivity index (χ1n) is 4.94. The highest BCUT2D eigenvalue weighted by molar-refractivity contribution is 9.10. The lowest BCUT2D eigenvalue weighted by Crippen LogP contribution is -2.12. The first-order valence-corrected chi connectivity index (χ1v) is 6.11. The molecule has 1 heterocycles. The number of hydrogen-bond donors (Lipinski definition) is 1. The first-order chi connectivity index (χ1) is 8.56. The van der Waals surface area contributed by atoms with E-state index >= 15 is 0 Å². The minimum atomic E-state index is -0.629. The van der Waals surface area contributed by atoms with Crippen molar-refractivity contribution < 1.29 is 9.18 Å². The minimum Gasteiger partial charge on any atom is -0.321 e. The Kier molecular flexibility index (Phi) is 3.93. The topological polar surface area (TPSA) is 42.0 Å². The summed E-state index contributed by atoms with van der Waals surface area (Å²) in [6.45, 7) is 0. The lowest BCUT2D eigenvalue weighted by molar-refractivity contribution is 0.102. The van der Waals surface area contributed by atoms with Gasteiger partial charge in [-0.05, 0) is 46.3 Å². The van der Waals surface area contributed by atoms with Crippen LogP contribution in [0.1, 0.15) is 10.4 Å². The van der Waals surface area contributed by atoms with Gasteiger partial charge in [0.15, 0.2) is 0 Å². The average Bonchev–Trinajstić information content (AvgIpc) is 2.34. The molecule has 0 aliphatic carbocycles. The third kappa shape index (κ3) is 3.05. The maximum Gasteiger partial charge on any atom is 0.257 e. The number of anilines is 1. The van der Waals surface area contributed by atoms with E-state index in [9.17, 15) is 9.18 Å². The predicted molar refractivity (Wildman–Crippen MR) is 71.3 cm³/mol. The third-order valence-corrected chi connectivity index (χ3v) is 3.09. The fourth-order valence-corrected chi connectivity index (χ4v) is 1.82. The molecule has 0 saturated heterocycles. The van der Waals surface area contributed by atoms with Crippen molar-refractivity contribution in [3.8, 4) is 0 Å². The van der Waals surface area contributed by atoms with Gasteiger partial charge in [-0.3, -0.25) is 4.79 Å². The number of rotatable bonds is 2. The van der Waals surface area contributed by atoms with E-state index in [1.54, 1.807) is 18.2 Å². The molecular formula is C12H7BrClFN2O. The molecule has 1 aromatic heterocycles. The van der Waals surface area contributed by atoms with Gasteiger partial charge in [-0.2, -0.15) is 4.39 Å². The second kappa shape index (κ2) is 5.46. The molecule has 2 aromatic rings. The van der Waals surface area contributed by atoms with Gasteiger partial charge in [-0.15, -0.1) is 0 Å². The standard InChI is InChI=1S/C12H7BrClFN2O/c13-9-3-2-8(14)5-10(9)17-12(18)7-1-4-11(15)16-6-7/h1-6H,(H,17,18). The monoisotopic (exact) mass is 328 g/mol. The van der Waals surface area contributed by atoms with Crippen LogP contribution >= 0.6 is 27.5 Å². The number of carbonyl (C=O) groups excluding carboxylic acids is 1. The molecule has 0 fully saturated rings. The van der Waals surface area contributed by atoms with Gasteiger partial charge in [-0.25, -0.2) is 4.98 Å². The van der Waals surface area contributed by atoms with E-state index in [2.05, 4.69) is 26.2 Å². The van der Waals surface area contributed by atoms with Gasteiger partial charge in [0.1, 0.15) is 0 Å². The van der Waals surface area contributed by atoms with Crippen molar-refractivity contribution in [1.82, 2.24) is 4.98 Å². The highest BCUT2D eigenvalue weighted by atomic mass is 79.9. The lowest BCUT2D eigenvalue weighted by atomic mass is 10.2. The summed E-state index contributed by atoms with van der Waals surface area (Å²) in [7, 11) is 0. The number of nitrogens with one attached hydrogen (secondary N) is 1. The highest BCUT2D eigenvalue weighted by Gasteiger charge is 2.09. The van der Waals surface area contributed by atoms with E-state index in [-0.39, 0.29) is 11.5 Å². The Balaban J connectivity index is 2.21. The quantitative estimate of drug-likeness (QED) is 0.849. The van der Waals surface area contributed by atoms with Crippen molar-refractivity contribution >= 4 is 39.1 Å². The number of pyridine rings is 1. The average molecular weight is 330 g/mol. The minimum absolute atomic E-state index is 0.267. The molecule has 1 aromatic carbocycles. The van der Waals surface area contributed by atoms with Crippen LogP contribution in [0.25, 0.3) is 0 Å². The number of halogens is 3. The zero-order valence-corrected chi connectivity index (χ0v) is 11.3. The van der Waals surface area contributed by atoms with Crippen LogP contribution in [0.3, 0.4) is 0 Å². The number of hydrogen-bond acceptors (Lipinski definition) is 2. The second-order valence-corrected chi connectivity index (χ2v) is 4.74. The number of nitrogens with zero attached hydrogens (tertiary/aromatic N) is 1. The van der Waals surface area contributed by atoms with E-state index < -0.39 is 5.95 Å². The number of amides is 1.